The molecule has 0 radical (unpaired) electrons. The van der Waals surface area contributed by atoms with Crippen LogP contribution in [0.15, 0.2) is 42.5 Å². The first-order valence-electron chi connectivity index (χ1n) is 8.30. The third kappa shape index (κ3) is 4.90. The predicted molar refractivity (Wildman–Crippen MR) is 96.7 cm³/mol. The van der Waals surface area contributed by atoms with Crippen molar-refractivity contribution < 1.29 is 27.1 Å². The molecule has 7 nitrogen and oxygen atoms in total. The van der Waals surface area contributed by atoms with Crippen molar-refractivity contribution >= 4 is 28.8 Å². The van der Waals surface area contributed by atoms with E-state index in [1.54, 1.807) is 0 Å². The number of benzene rings is 2. The van der Waals surface area contributed by atoms with Crippen molar-refractivity contribution in [2.45, 2.75) is 6.54 Å². The number of piperazine rings is 1. The average molecular weight is 408 g/mol. The topological polar surface area (TPSA) is 92.8 Å². The van der Waals surface area contributed by atoms with Crippen LogP contribution in [0.5, 0.6) is 0 Å². The normalized spacial score (nSPS) is 15.5. The van der Waals surface area contributed by atoms with E-state index < -0.39 is 22.9 Å². The van der Waals surface area contributed by atoms with E-state index in [1.165, 1.54) is 46.2 Å². The molecular weight excluding hydrogens is 392 g/mol. The Morgan fingerprint density at radius 3 is 2.32 bits per heavy atom. The van der Waals surface area contributed by atoms with Crippen molar-refractivity contribution in [3.63, 3.8) is 0 Å². The van der Waals surface area contributed by atoms with Crippen molar-refractivity contribution in [2.24, 2.45) is 0 Å². The summed E-state index contributed by atoms with van der Waals surface area (Å²) in [6.07, 6.45) is 0. The molecule has 1 aliphatic heterocycles. The molecule has 1 N–H and O–H groups in total. The maximum atomic E-state index is 13.3. The number of nitrogens with one attached hydrogen (secondary N) is 1. The van der Waals surface area contributed by atoms with Crippen LogP contribution in [0.25, 0.3) is 0 Å². The first kappa shape index (κ1) is 19.9. The van der Waals surface area contributed by atoms with E-state index in [2.05, 4.69) is 4.72 Å². The van der Waals surface area contributed by atoms with Gasteiger partial charge >= 0.3 is 0 Å². The molecule has 0 bridgehead atoms. The van der Waals surface area contributed by atoms with Gasteiger partial charge in [0.25, 0.3) is 5.91 Å². The Morgan fingerprint density at radius 1 is 1.11 bits per heavy atom. The summed E-state index contributed by atoms with van der Waals surface area (Å²) < 4.78 is 50.0. The molecule has 1 saturated heterocycles. The summed E-state index contributed by atoms with van der Waals surface area (Å²) >= 11 is -2.46. The van der Waals surface area contributed by atoms with Gasteiger partial charge in [-0.2, -0.15) is 0 Å². The van der Waals surface area contributed by atoms with Gasteiger partial charge in [-0.25, -0.2) is 8.78 Å². The number of rotatable bonds is 5. The molecule has 148 valence electrons. The minimum atomic E-state index is -2.46. The summed E-state index contributed by atoms with van der Waals surface area (Å²) in [5.74, 6) is -2.12. The Morgan fingerprint density at radius 2 is 1.75 bits per heavy atom. The zero-order valence-corrected chi connectivity index (χ0v) is 15.4. The van der Waals surface area contributed by atoms with E-state index in [-0.39, 0.29) is 38.0 Å². The number of hydrogen-bond donors (Lipinski definition) is 1. The number of halogens is 2. The summed E-state index contributed by atoms with van der Waals surface area (Å²) in [6.45, 7) is 0.411. The highest BCUT2D eigenvalue weighted by Crippen LogP contribution is 2.16. The van der Waals surface area contributed by atoms with Gasteiger partial charge in [0.2, 0.25) is 5.91 Å². The van der Waals surface area contributed by atoms with E-state index in [0.717, 1.165) is 6.07 Å². The Labute approximate surface area is 162 Å². The van der Waals surface area contributed by atoms with Crippen LogP contribution in [0, 0.1) is 11.6 Å². The van der Waals surface area contributed by atoms with Gasteiger partial charge in [0.05, 0.1) is 0 Å². The Hall–Kier alpha value is -2.85. The van der Waals surface area contributed by atoms with Crippen LogP contribution in [0.3, 0.4) is 0 Å². The number of carbonyl (C=O) groups excluding carboxylic acids is 2. The van der Waals surface area contributed by atoms with Crippen LogP contribution in [0.1, 0.15) is 15.9 Å². The van der Waals surface area contributed by atoms with E-state index in [4.69, 9.17) is 0 Å². The highest BCUT2D eigenvalue weighted by atomic mass is 32.2. The number of carbonyl (C=O) groups is 2. The molecule has 1 atom stereocenters. The molecular formula is C18H16F2N3O4S-. The lowest BCUT2D eigenvalue weighted by Crippen LogP contribution is -2.51. The fraction of sp³-hybridized carbons (Fsp3) is 0.222. The molecule has 1 unspecified atom stereocenters. The molecule has 2 aromatic carbocycles. The van der Waals surface area contributed by atoms with E-state index in [9.17, 15) is 27.1 Å². The Kier molecular flexibility index (Phi) is 6.00. The Balaban J connectivity index is 1.62. The quantitative estimate of drug-likeness (QED) is 0.762. The van der Waals surface area contributed by atoms with E-state index in [0.29, 0.717) is 16.8 Å². The molecule has 1 heterocycles. The maximum Gasteiger partial charge on any atom is 0.254 e. The van der Waals surface area contributed by atoms with Gasteiger partial charge < -0.3 is 19.1 Å². The fourth-order valence-corrected chi connectivity index (χ4v) is 3.26. The summed E-state index contributed by atoms with van der Waals surface area (Å²) in [4.78, 5) is 27.7. The summed E-state index contributed by atoms with van der Waals surface area (Å²) in [5.41, 5.74) is 0.966. The van der Waals surface area contributed by atoms with Crippen molar-refractivity contribution in [1.29, 1.82) is 0 Å². The fourth-order valence-electron chi connectivity index (χ4n) is 2.93. The average Bonchev–Trinajstić information content (AvgIpc) is 2.62. The van der Waals surface area contributed by atoms with Crippen molar-refractivity contribution in [2.75, 3.05) is 24.4 Å². The SMILES string of the molecule is O=C1CN(C(=O)c2ccc(NS(=O)[O-])cc2)CCN1Cc1cc(F)cc(F)c1. The Bertz CT molecular complexity index is 903. The van der Waals surface area contributed by atoms with Crippen LogP contribution in [-0.2, 0) is 22.6 Å². The van der Waals surface area contributed by atoms with Gasteiger partial charge in [-0.3, -0.25) is 13.8 Å². The van der Waals surface area contributed by atoms with Crippen molar-refractivity contribution in [1.82, 2.24) is 9.80 Å². The number of nitrogens with zero attached hydrogens (tertiary/aromatic N) is 2. The first-order chi connectivity index (χ1) is 13.3. The second-order valence-corrected chi connectivity index (χ2v) is 6.91. The first-order valence-corrected chi connectivity index (χ1v) is 9.37. The van der Waals surface area contributed by atoms with Gasteiger partial charge in [-0.1, -0.05) is 0 Å². The lowest BCUT2D eigenvalue weighted by atomic mass is 10.1. The third-order valence-electron chi connectivity index (χ3n) is 4.23. The van der Waals surface area contributed by atoms with Crippen LogP contribution in [-0.4, -0.2) is 50.0 Å². The third-order valence-corrected chi connectivity index (χ3v) is 4.64. The highest BCUT2D eigenvalue weighted by molar-refractivity contribution is 7.80. The molecule has 10 heteroatoms. The van der Waals surface area contributed by atoms with Crippen LogP contribution in [0.2, 0.25) is 0 Å². The number of hydrogen-bond acceptors (Lipinski definition) is 4. The highest BCUT2D eigenvalue weighted by Gasteiger charge is 2.27. The van der Waals surface area contributed by atoms with Gasteiger partial charge in [-0.05, 0) is 42.0 Å². The van der Waals surface area contributed by atoms with Crippen LogP contribution in [0.4, 0.5) is 14.5 Å². The zero-order chi connectivity index (χ0) is 20.3. The smallest absolute Gasteiger partial charge is 0.254 e. The second kappa shape index (κ2) is 8.44. The molecule has 2 aromatic rings. The van der Waals surface area contributed by atoms with E-state index >= 15 is 0 Å². The standard InChI is InChI=1S/C18H17F2N3O4S/c19-14-7-12(8-15(20)9-14)10-22-5-6-23(11-17(22)24)18(25)13-1-3-16(4-2-13)21-28(26)27/h1-4,7-9,21H,5-6,10-11H2,(H,26,27)/p-1. The minimum Gasteiger partial charge on any atom is -0.755 e. The summed E-state index contributed by atoms with van der Waals surface area (Å²) in [5, 5.41) is 0. The summed E-state index contributed by atoms with van der Waals surface area (Å²) in [6, 6.07) is 8.90. The second-order valence-electron chi connectivity index (χ2n) is 6.23. The van der Waals surface area contributed by atoms with Crippen molar-refractivity contribution in [3.05, 3.63) is 65.2 Å². The molecule has 1 fully saturated rings. The van der Waals surface area contributed by atoms with Gasteiger partial charge in [0.1, 0.15) is 18.2 Å². The van der Waals surface area contributed by atoms with Gasteiger partial charge in [0.15, 0.2) is 0 Å². The van der Waals surface area contributed by atoms with Crippen LogP contribution < -0.4 is 4.72 Å². The minimum absolute atomic E-state index is 0.0578. The molecule has 1 aliphatic rings. The molecule has 2 amide bonds. The monoisotopic (exact) mass is 408 g/mol. The summed E-state index contributed by atoms with van der Waals surface area (Å²) in [7, 11) is 0. The van der Waals surface area contributed by atoms with Gasteiger partial charge in [-0.15, -0.1) is 0 Å². The zero-order valence-electron chi connectivity index (χ0n) is 14.6. The molecule has 3 rings (SSSR count). The largest absolute Gasteiger partial charge is 0.755 e. The van der Waals surface area contributed by atoms with Gasteiger partial charge in [0, 0.05) is 48.2 Å². The van der Waals surface area contributed by atoms with Crippen LogP contribution >= 0.6 is 0 Å². The molecule has 0 aromatic heterocycles. The lowest BCUT2D eigenvalue weighted by molar-refractivity contribution is -0.135. The number of anilines is 1. The molecule has 0 aliphatic carbocycles. The molecule has 28 heavy (non-hydrogen) atoms. The van der Waals surface area contributed by atoms with Crippen molar-refractivity contribution in [3.8, 4) is 0 Å². The molecule has 0 saturated carbocycles. The predicted octanol–water partition coefficient (Wildman–Crippen LogP) is 1.66. The van der Waals surface area contributed by atoms with E-state index in [1.807, 2.05) is 0 Å². The molecule has 0 spiro atoms. The number of amides is 2. The maximum absolute atomic E-state index is 13.3. The lowest BCUT2D eigenvalue weighted by Gasteiger charge is -2.34.